The second kappa shape index (κ2) is 6.68. The molecule has 4 nitrogen and oxygen atoms in total. The molecule has 0 bridgehead atoms. The number of benzene rings is 1. The van der Waals surface area contributed by atoms with Crippen molar-refractivity contribution in [2.45, 2.75) is 25.4 Å². The third-order valence-corrected chi connectivity index (χ3v) is 3.59. The van der Waals surface area contributed by atoms with Gasteiger partial charge in [0.2, 0.25) is 5.91 Å². The number of β-amino-alcohol motifs (C(OH)–C–C–N with tert-alkyl or cyclic N) is 1. The van der Waals surface area contributed by atoms with Gasteiger partial charge in [-0.3, -0.25) is 9.69 Å². The summed E-state index contributed by atoms with van der Waals surface area (Å²) in [5.74, 6) is 0.353. The normalized spacial score (nSPS) is 21.3. The summed E-state index contributed by atoms with van der Waals surface area (Å²) >= 11 is 0. The summed E-state index contributed by atoms with van der Waals surface area (Å²) in [4.78, 5) is 13.8. The van der Waals surface area contributed by atoms with Crippen molar-refractivity contribution in [2.75, 3.05) is 26.2 Å². The molecule has 1 aliphatic rings. The van der Waals surface area contributed by atoms with Crippen LogP contribution in [0.15, 0.2) is 30.3 Å². The largest absolute Gasteiger partial charge is 0.392 e. The van der Waals surface area contributed by atoms with Crippen molar-refractivity contribution >= 4 is 5.91 Å². The minimum Gasteiger partial charge on any atom is -0.392 e. The molecular formula is C15H22N2O2. The van der Waals surface area contributed by atoms with Crippen molar-refractivity contribution in [2.24, 2.45) is 0 Å². The predicted octanol–water partition coefficient (Wildman–Crippen LogP) is 0.973. The zero-order chi connectivity index (χ0) is 13.7. The Morgan fingerprint density at radius 2 is 2.21 bits per heavy atom. The Balaban J connectivity index is 1.71. The number of likely N-dealkylation sites (tertiary alicyclic amines) is 1. The lowest BCUT2D eigenvalue weighted by Gasteiger charge is -2.17. The van der Waals surface area contributed by atoms with Gasteiger partial charge < -0.3 is 10.4 Å². The van der Waals surface area contributed by atoms with Crippen LogP contribution < -0.4 is 5.32 Å². The molecule has 1 amide bonds. The highest BCUT2D eigenvalue weighted by molar-refractivity contribution is 5.78. The predicted molar refractivity (Wildman–Crippen MR) is 74.9 cm³/mol. The van der Waals surface area contributed by atoms with E-state index in [0.29, 0.717) is 25.6 Å². The maximum Gasteiger partial charge on any atom is 0.234 e. The van der Waals surface area contributed by atoms with Crippen LogP contribution in [0.2, 0.25) is 0 Å². The van der Waals surface area contributed by atoms with Crippen molar-refractivity contribution in [1.29, 1.82) is 0 Å². The number of aliphatic hydroxyl groups excluding tert-OH is 1. The highest BCUT2D eigenvalue weighted by Crippen LogP contribution is 2.13. The lowest BCUT2D eigenvalue weighted by molar-refractivity contribution is -0.122. The zero-order valence-corrected chi connectivity index (χ0v) is 11.4. The van der Waals surface area contributed by atoms with Crippen molar-refractivity contribution in [3.63, 3.8) is 0 Å². The fourth-order valence-corrected chi connectivity index (χ4v) is 2.38. The van der Waals surface area contributed by atoms with Gasteiger partial charge in [0.05, 0.1) is 12.6 Å². The van der Waals surface area contributed by atoms with E-state index in [1.807, 2.05) is 23.1 Å². The molecule has 4 heteroatoms. The quantitative estimate of drug-likeness (QED) is 0.831. The van der Waals surface area contributed by atoms with Gasteiger partial charge in [0.25, 0.3) is 0 Å². The molecular weight excluding hydrogens is 240 g/mol. The van der Waals surface area contributed by atoms with Crippen LogP contribution >= 0.6 is 0 Å². The Bertz CT molecular complexity index is 408. The van der Waals surface area contributed by atoms with E-state index >= 15 is 0 Å². The Kier molecular flexibility index (Phi) is 4.93. The van der Waals surface area contributed by atoms with E-state index in [1.54, 1.807) is 0 Å². The molecule has 1 unspecified atom stereocenters. The number of nitrogens with zero attached hydrogens (tertiary/aromatic N) is 1. The maximum atomic E-state index is 11.8. The SMILES string of the molecule is CC(CNC(=O)CN1CC[C@@H](O)C1)c1ccccc1. The van der Waals surface area contributed by atoms with Gasteiger partial charge in [0, 0.05) is 19.6 Å². The van der Waals surface area contributed by atoms with E-state index in [9.17, 15) is 9.90 Å². The first-order chi connectivity index (χ1) is 9.15. The summed E-state index contributed by atoms with van der Waals surface area (Å²) in [7, 11) is 0. The van der Waals surface area contributed by atoms with Gasteiger partial charge in [-0.2, -0.15) is 0 Å². The zero-order valence-electron chi connectivity index (χ0n) is 11.4. The lowest BCUT2D eigenvalue weighted by atomic mass is 10.0. The van der Waals surface area contributed by atoms with E-state index in [4.69, 9.17) is 0 Å². The number of carbonyl (C=O) groups is 1. The molecule has 0 saturated carbocycles. The highest BCUT2D eigenvalue weighted by atomic mass is 16.3. The monoisotopic (exact) mass is 262 g/mol. The molecule has 1 aliphatic heterocycles. The van der Waals surface area contributed by atoms with E-state index < -0.39 is 0 Å². The van der Waals surface area contributed by atoms with Crippen molar-refractivity contribution in [3.8, 4) is 0 Å². The number of carbonyl (C=O) groups excluding carboxylic acids is 1. The molecule has 2 N–H and O–H groups in total. The highest BCUT2D eigenvalue weighted by Gasteiger charge is 2.21. The minimum atomic E-state index is -0.268. The molecule has 1 saturated heterocycles. The van der Waals surface area contributed by atoms with E-state index in [0.717, 1.165) is 13.0 Å². The summed E-state index contributed by atoms with van der Waals surface area (Å²) in [5, 5.41) is 12.4. The maximum absolute atomic E-state index is 11.8. The average molecular weight is 262 g/mol. The molecule has 19 heavy (non-hydrogen) atoms. The second-order valence-electron chi connectivity index (χ2n) is 5.29. The van der Waals surface area contributed by atoms with E-state index in [2.05, 4.69) is 24.4 Å². The minimum absolute atomic E-state index is 0.0388. The van der Waals surface area contributed by atoms with Crippen LogP contribution in [-0.2, 0) is 4.79 Å². The van der Waals surface area contributed by atoms with Crippen LogP contribution in [0.4, 0.5) is 0 Å². The summed E-state index contributed by atoms with van der Waals surface area (Å²) in [5.41, 5.74) is 1.24. The van der Waals surface area contributed by atoms with Crippen molar-refractivity contribution in [3.05, 3.63) is 35.9 Å². The second-order valence-corrected chi connectivity index (χ2v) is 5.29. The number of hydrogen-bond donors (Lipinski definition) is 2. The molecule has 2 rings (SSSR count). The average Bonchev–Trinajstić information content (AvgIpc) is 2.82. The van der Waals surface area contributed by atoms with Gasteiger partial charge in [-0.15, -0.1) is 0 Å². The summed E-state index contributed by atoms with van der Waals surface area (Å²) in [6, 6.07) is 10.2. The molecule has 104 valence electrons. The first-order valence-electron chi connectivity index (χ1n) is 6.87. The Labute approximate surface area is 114 Å². The molecule has 1 fully saturated rings. The molecule has 1 heterocycles. The smallest absolute Gasteiger partial charge is 0.234 e. The molecule has 0 aromatic heterocycles. The van der Waals surface area contributed by atoms with E-state index in [1.165, 1.54) is 5.56 Å². The lowest BCUT2D eigenvalue weighted by Crippen LogP contribution is -2.37. The van der Waals surface area contributed by atoms with Gasteiger partial charge in [-0.25, -0.2) is 0 Å². The Morgan fingerprint density at radius 1 is 1.47 bits per heavy atom. The van der Waals surface area contributed by atoms with Crippen LogP contribution in [0.5, 0.6) is 0 Å². The third kappa shape index (κ3) is 4.33. The number of aliphatic hydroxyl groups is 1. The van der Waals surface area contributed by atoms with Gasteiger partial charge in [0.15, 0.2) is 0 Å². The molecule has 0 spiro atoms. The fourth-order valence-electron chi connectivity index (χ4n) is 2.38. The van der Waals surface area contributed by atoms with Crippen LogP contribution in [-0.4, -0.2) is 48.2 Å². The first kappa shape index (κ1) is 14.0. The van der Waals surface area contributed by atoms with E-state index in [-0.39, 0.29) is 12.0 Å². The molecule has 0 aliphatic carbocycles. The Morgan fingerprint density at radius 3 is 2.84 bits per heavy atom. The molecule has 0 radical (unpaired) electrons. The van der Waals surface area contributed by atoms with Crippen LogP contribution in [0.25, 0.3) is 0 Å². The molecule has 1 aromatic rings. The van der Waals surface area contributed by atoms with Gasteiger partial charge in [-0.05, 0) is 17.9 Å². The number of rotatable bonds is 5. The van der Waals surface area contributed by atoms with Crippen molar-refractivity contribution < 1.29 is 9.90 Å². The fraction of sp³-hybridized carbons (Fsp3) is 0.533. The number of hydrogen-bond acceptors (Lipinski definition) is 3. The third-order valence-electron chi connectivity index (χ3n) is 3.59. The van der Waals surface area contributed by atoms with Crippen LogP contribution in [0, 0.1) is 0 Å². The van der Waals surface area contributed by atoms with Crippen LogP contribution in [0.1, 0.15) is 24.8 Å². The van der Waals surface area contributed by atoms with Gasteiger partial charge in [0.1, 0.15) is 0 Å². The standard InChI is InChI=1S/C15H22N2O2/c1-12(13-5-3-2-4-6-13)9-16-15(19)11-17-8-7-14(18)10-17/h2-6,12,14,18H,7-11H2,1H3,(H,16,19)/t12?,14-/m1/s1. The number of nitrogens with one attached hydrogen (secondary N) is 1. The Hall–Kier alpha value is -1.39. The number of amides is 1. The summed E-state index contributed by atoms with van der Waals surface area (Å²) in [6.07, 6.45) is 0.504. The van der Waals surface area contributed by atoms with Crippen LogP contribution in [0.3, 0.4) is 0 Å². The topological polar surface area (TPSA) is 52.6 Å². The van der Waals surface area contributed by atoms with Gasteiger partial charge >= 0.3 is 0 Å². The van der Waals surface area contributed by atoms with Gasteiger partial charge in [-0.1, -0.05) is 37.3 Å². The van der Waals surface area contributed by atoms with Crippen molar-refractivity contribution in [1.82, 2.24) is 10.2 Å². The first-order valence-corrected chi connectivity index (χ1v) is 6.87. The summed E-state index contributed by atoms with van der Waals surface area (Å²) in [6.45, 7) is 4.57. The summed E-state index contributed by atoms with van der Waals surface area (Å²) < 4.78 is 0. The molecule has 2 atom stereocenters. The molecule has 1 aromatic carbocycles.